The molecule has 0 aliphatic carbocycles. The van der Waals surface area contributed by atoms with Crippen LogP contribution in [0, 0.1) is 0 Å². The standard InChI is InChI=1S/C8H12ClN3O3S2/c9-6-1-2-8(16-6)17(14,15)12-5-7(13)11-4-3-10/h1-2,12H,3-5,10H2,(H,11,13). The van der Waals surface area contributed by atoms with Crippen LogP contribution in [0.3, 0.4) is 0 Å². The van der Waals surface area contributed by atoms with Crippen molar-refractivity contribution >= 4 is 38.9 Å². The molecule has 1 aromatic rings. The van der Waals surface area contributed by atoms with Crippen molar-refractivity contribution in [3.05, 3.63) is 16.5 Å². The summed E-state index contributed by atoms with van der Waals surface area (Å²) in [7, 11) is -3.67. The SMILES string of the molecule is NCCNC(=O)CNS(=O)(=O)c1ccc(Cl)s1. The highest BCUT2D eigenvalue weighted by Gasteiger charge is 2.17. The molecule has 1 heterocycles. The van der Waals surface area contributed by atoms with Gasteiger partial charge in [0.05, 0.1) is 10.9 Å². The molecule has 1 aromatic heterocycles. The van der Waals surface area contributed by atoms with E-state index >= 15 is 0 Å². The summed E-state index contributed by atoms with van der Waals surface area (Å²) in [6, 6.07) is 2.86. The average molecular weight is 298 g/mol. The molecule has 0 aliphatic rings. The molecular formula is C8H12ClN3O3S2. The molecular weight excluding hydrogens is 286 g/mol. The minimum atomic E-state index is -3.67. The van der Waals surface area contributed by atoms with Gasteiger partial charge >= 0.3 is 0 Å². The lowest BCUT2D eigenvalue weighted by Gasteiger charge is -2.05. The van der Waals surface area contributed by atoms with Crippen LogP contribution in [0.2, 0.25) is 4.34 Å². The van der Waals surface area contributed by atoms with Crippen molar-refractivity contribution in [2.24, 2.45) is 5.73 Å². The van der Waals surface area contributed by atoms with Gasteiger partial charge in [-0.3, -0.25) is 4.79 Å². The van der Waals surface area contributed by atoms with Crippen molar-refractivity contribution in [1.29, 1.82) is 0 Å². The Balaban J connectivity index is 2.54. The molecule has 0 aromatic carbocycles. The first-order valence-electron chi connectivity index (χ1n) is 4.67. The van der Waals surface area contributed by atoms with Crippen molar-refractivity contribution in [3.8, 4) is 0 Å². The van der Waals surface area contributed by atoms with Crippen LogP contribution in [0.5, 0.6) is 0 Å². The molecule has 9 heteroatoms. The van der Waals surface area contributed by atoms with Gasteiger partial charge in [-0.2, -0.15) is 0 Å². The third-order valence-electron chi connectivity index (χ3n) is 1.70. The predicted molar refractivity (Wildman–Crippen MR) is 66.6 cm³/mol. The maximum atomic E-state index is 11.7. The fourth-order valence-electron chi connectivity index (χ4n) is 0.948. The number of rotatable bonds is 6. The monoisotopic (exact) mass is 297 g/mol. The normalized spacial score (nSPS) is 11.4. The molecule has 0 spiro atoms. The van der Waals surface area contributed by atoms with Crippen LogP contribution in [0.1, 0.15) is 0 Å². The van der Waals surface area contributed by atoms with Crippen LogP contribution in [-0.4, -0.2) is 34.0 Å². The molecule has 0 unspecified atom stereocenters. The van der Waals surface area contributed by atoms with Crippen molar-refractivity contribution in [3.63, 3.8) is 0 Å². The number of carbonyl (C=O) groups excluding carboxylic acids is 1. The minimum absolute atomic E-state index is 0.0779. The molecule has 0 saturated carbocycles. The Morgan fingerprint density at radius 3 is 2.71 bits per heavy atom. The fraction of sp³-hybridized carbons (Fsp3) is 0.375. The molecule has 1 amide bonds. The molecule has 1 rings (SSSR count). The maximum absolute atomic E-state index is 11.7. The lowest BCUT2D eigenvalue weighted by molar-refractivity contribution is -0.119. The van der Waals surface area contributed by atoms with Gasteiger partial charge in [-0.25, -0.2) is 13.1 Å². The summed E-state index contributed by atoms with van der Waals surface area (Å²) in [6.45, 7) is 0.294. The second-order valence-corrected chi connectivity index (χ2v) is 6.73. The quantitative estimate of drug-likeness (QED) is 0.674. The van der Waals surface area contributed by atoms with Crippen LogP contribution in [0.25, 0.3) is 0 Å². The molecule has 96 valence electrons. The molecule has 6 nitrogen and oxygen atoms in total. The third kappa shape index (κ3) is 4.60. The van der Waals surface area contributed by atoms with Crippen molar-refractivity contribution in [2.75, 3.05) is 19.6 Å². The van der Waals surface area contributed by atoms with E-state index in [0.29, 0.717) is 17.4 Å². The lowest BCUT2D eigenvalue weighted by atomic mass is 10.5. The van der Waals surface area contributed by atoms with E-state index in [4.69, 9.17) is 17.3 Å². The Hall–Kier alpha value is -0.670. The van der Waals surface area contributed by atoms with Crippen LogP contribution in [0.4, 0.5) is 0 Å². The molecule has 0 bridgehead atoms. The fourth-order valence-corrected chi connectivity index (χ4v) is 3.46. The van der Waals surface area contributed by atoms with E-state index in [1.165, 1.54) is 12.1 Å². The summed E-state index contributed by atoms with van der Waals surface area (Å²) >= 11 is 6.56. The highest BCUT2D eigenvalue weighted by atomic mass is 35.5. The van der Waals surface area contributed by atoms with E-state index in [1.54, 1.807) is 0 Å². The van der Waals surface area contributed by atoms with Crippen LogP contribution < -0.4 is 15.8 Å². The van der Waals surface area contributed by atoms with Crippen molar-refractivity contribution in [2.45, 2.75) is 4.21 Å². The van der Waals surface area contributed by atoms with Crippen LogP contribution in [-0.2, 0) is 14.8 Å². The third-order valence-corrected chi connectivity index (χ3v) is 4.83. The van der Waals surface area contributed by atoms with Gasteiger partial charge in [0.15, 0.2) is 0 Å². The number of halogens is 1. The van der Waals surface area contributed by atoms with Gasteiger partial charge in [0.2, 0.25) is 5.91 Å². The second kappa shape index (κ2) is 6.31. The predicted octanol–water partition coefficient (Wildman–Crippen LogP) is -0.245. The first-order chi connectivity index (χ1) is 7.95. The van der Waals surface area contributed by atoms with E-state index in [1.807, 2.05) is 0 Å². The number of sulfonamides is 1. The number of hydrogen-bond acceptors (Lipinski definition) is 5. The molecule has 0 fully saturated rings. The Morgan fingerprint density at radius 1 is 1.47 bits per heavy atom. The van der Waals surface area contributed by atoms with Crippen molar-refractivity contribution < 1.29 is 13.2 Å². The summed E-state index contributed by atoms with van der Waals surface area (Å²) in [5, 5.41) is 2.45. The zero-order chi connectivity index (χ0) is 12.9. The largest absolute Gasteiger partial charge is 0.354 e. The van der Waals surface area contributed by atoms with Gasteiger partial charge < -0.3 is 11.1 Å². The van der Waals surface area contributed by atoms with Crippen LogP contribution in [0.15, 0.2) is 16.3 Å². The number of hydrogen-bond donors (Lipinski definition) is 3. The molecule has 0 atom stereocenters. The van der Waals surface area contributed by atoms with E-state index in [9.17, 15) is 13.2 Å². The topological polar surface area (TPSA) is 101 Å². The first kappa shape index (κ1) is 14.4. The molecule has 0 saturated heterocycles. The number of amides is 1. The van der Waals surface area contributed by atoms with Crippen molar-refractivity contribution in [1.82, 2.24) is 10.0 Å². The molecule has 0 radical (unpaired) electrons. The van der Waals surface area contributed by atoms with Gasteiger partial charge in [-0.05, 0) is 12.1 Å². The Morgan fingerprint density at radius 2 is 2.18 bits per heavy atom. The average Bonchev–Trinajstić information content (AvgIpc) is 2.71. The second-order valence-electron chi connectivity index (χ2n) is 3.02. The smallest absolute Gasteiger partial charge is 0.250 e. The summed E-state index contributed by atoms with van der Waals surface area (Å²) in [4.78, 5) is 11.2. The number of nitrogens with one attached hydrogen (secondary N) is 2. The van der Waals surface area contributed by atoms with Gasteiger partial charge in [0, 0.05) is 13.1 Å². The van der Waals surface area contributed by atoms with E-state index < -0.39 is 15.9 Å². The minimum Gasteiger partial charge on any atom is -0.354 e. The van der Waals surface area contributed by atoms with Crippen LogP contribution >= 0.6 is 22.9 Å². The highest BCUT2D eigenvalue weighted by Crippen LogP contribution is 2.24. The summed E-state index contributed by atoms with van der Waals surface area (Å²) in [6.07, 6.45) is 0. The lowest BCUT2D eigenvalue weighted by Crippen LogP contribution is -2.38. The van der Waals surface area contributed by atoms with Gasteiger partial charge in [0.25, 0.3) is 10.0 Å². The molecule has 17 heavy (non-hydrogen) atoms. The molecule has 4 N–H and O–H groups in total. The van der Waals surface area contributed by atoms with Gasteiger partial charge in [0.1, 0.15) is 4.21 Å². The summed E-state index contributed by atoms with van der Waals surface area (Å²) in [5.74, 6) is -0.429. The Labute approximate surface area is 108 Å². The zero-order valence-corrected chi connectivity index (χ0v) is 11.2. The zero-order valence-electron chi connectivity index (χ0n) is 8.77. The van der Waals surface area contributed by atoms with E-state index in [-0.39, 0.29) is 10.8 Å². The summed E-state index contributed by atoms with van der Waals surface area (Å²) < 4.78 is 25.9. The highest BCUT2D eigenvalue weighted by molar-refractivity contribution is 7.91. The first-order valence-corrected chi connectivity index (χ1v) is 7.35. The van der Waals surface area contributed by atoms with E-state index in [2.05, 4.69) is 10.0 Å². The number of carbonyl (C=O) groups is 1. The van der Waals surface area contributed by atoms with Gasteiger partial charge in [-0.15, -0.1) is 11.3 Å². The van der Waals surface area contributed by atoms with E-state index in [0.717, 1.165) is 11.3 Å². The molecule has 0 aliphatic heterocycles. The Kier molecular flexibility index (Phi) is 5.34. The Bertz CT molecular complexity index is 486. The number of nitrogens with two attached hydrogens (primary N) is 1. The number of thiophene rings is 1. The van der Waals surface area contributed by atoms with Gasteiger partial charge in [-0.1, -0.05) is 11.6 Å². The summed E-state index contributed by atoms with van der Waals surface area (Å²) in [5.41, 5.74) is 5.19. The maximum Gasteiger partial charge on any atom is 0.250 e.